The second-order valence-corrected chi connectivity index (χ2v) is 6.97. The van der Waals surface area contributed by atoms with Crippen LogP contribution in [0.4, 0.5) is 0 Å². The van der Waals surface area contributed by atoms with Crippen molar-refractivity contribution in [3.63, 3.8) is 0 Å². The summed E-state index contributed by atoms with van der Waals surface area (Å²) < 4.78 is 6.81. The summed E-state index contributed by atoms with van der Waals surface area (Å²) in [7, 11) is 0. The van der Waals surface area contributed by atoms with Crippen molar-refractivity contribution in [3.8, 4) is 0 Å². The maximum Gasteiger partial charge on any atom is 0.272 e. The van der Waals surface area contributed by atoms with Crippen LogP contribution in [0.1, 0.15) is 62.5 Å². The SMILES string of the molecule is Cc1nc(C(C)(C)NC(=O)c2cc(C)n(C(C)(C)C)n2)no1. The van der Waals surface area contributed by atoms with Crippen LogP contribution in [0.25, 0.3) is 0 Å². The van der Waals surface area contributed by atoms with E-state index in [0.29, 0.717) is 17.4 Å². The lowest BCUT2D eigenvalue weighted by molar-refractivity contribution is 0.0900. The second-order valence-electron chi connectivity index (χ2n) is 6.97. The molecule has 0 atom stereocenters. The van der Waals surface area contributed by atoms with Gasteiger partial charge in [-0.2, -0.15) is 10.1 Å². The third-order valence-corrected chi connectivity index (χ3v) is 3.27. The van der Waals surface area contributed by atoms with Gasteiger partial charge in [-0.3, -0.25) is 9.48 Å². The fraction of sp³-hybridized carbons (Fsp3) is 0.600. The summed E-state index contributed by atoms with van der Waals surface area (Å²) in [6, 6.07) is 1.78. The first-order valence-electron chi connectivity index (χ1n) is 7.21. The van der Waals surface area contributed by atoms with Crippen LogP contribution in [0.2, 0.25) is 0 Å². The minimum atomic E-state index is -0.742. The molecule has 0 saturated carbocycles. The molecule has 1 amide bonds. The molecule has 0 bridgehead atoms. The van der Waals surface area contributed by atoms with Crippen LogP contribution in [0.3, 0.4) is 0 Å². The van der Waals surface area contributed by atoms with Crippen LogP contribution in [0.5, 0.6) is 0 Å². The molecule has 120 valence electrons. The molecule has 2 rings (SSSR count). The summed E-state index contributed by atoms with van der Waals surface area (Å²) >= 11 is 0. The molecule has 0 aliphatic carbocycles. The number of nitrogens with one attached hydrogen (secondary N) is 1. The van der Waals surface area contributed by atoms with E-state index in [-0.39, 0.29) is 11.4 Å². The molecule has 7 heteroatoms. The average molecular weight is 305 g/mol. The van der Waals surface area contributed by atoms with Gasteiger partial charge >= 0.3 is 0 Å². The molecule has 0 radical (unpaired) electrons. The van der Waals surface area contributed by atoms with Gasteiger partial charge in [-0.25, -0.2) is 0 Å². The van der Waals surface area contributed by atoms with Crippen molar-refractivity contribution in [2.75, 3.05) is 0 Å². The Hall–Kier alpha value is -2.18. The van der Waals surface area contributed by atoms with E-state index in [9.17, 15) is 4.79 Å². The van der Waals surface area contributed by atoms with E-state index in [1.54, 1.807) is 13.0 Å². The summed E-state index contributed by atoms with van der Waals surface area (Å²) in [6.07, 6.45) is 0. The minimum absolute atomic E-state index is 0.178. The van der Waals surface area contributed by atoms with Crippen LogP contribution < -0.4 is 5.32 Å². The molecule has 0 aromatic carbocycles. The normalized spacial score (nSPS) is 12.5. The third-order valence-electron chi connectivity index (χ3n) is 3.27. The molecule has 2 heterocycles. The monoisotopic (exact) mass is 305 g/mol. The molecule has 0 fully saturated rings. The fourth-order valence-corrected chi connectivity index (χ4v) is 2.22. The van der Waals surface area contributed by atoms with Crippen LogP contribution in [0.15, 0.2) is 10.6 Å². The highest BCUT2D eigenvalue weighted by Crippen LogP contribution is 2.19. The number of hydrogen-bond acceptors (Lipinski definition) is 5. The van der Waals surface area contributed by atoms with Crippen LogP contribution in [0, 0.1) is 13.8 Å². The van der Waals surface area contributed by atoms with E-state index < -0.39 is 5.54 Å². The Morgan fingerprint density at radius 3 is 2.32 bits per heavy atom. The van der Waals surface area contributed by atoms with E-state index in [2.05, 4.69) is 20.6 Å². The Labute approximate surface area is 130 Å². The van der Waals surface area contributed by atoms with Gasteiger partial charge in [0.05, 0.1) is 11.1 Å². The highest BCUT2D eigenvalue weighted by Gasteiger charge is 2.30. The number of rotatable bonds is 3. The zero-order valence-electron chi connectivity index (χ0n) is 14.2. The molecule has 1 N–H and O–H groups in total. The first-order valence-corrected chi connectivity index (χ1v) is 7.21. The predicted octanol–water partition coefficient (Wildman–Crippen LogP) is 2.30. The molecular formula is C15H23N5O2. The predicted molar refractivity (Wildman–Crippen MR) is 81.5 cm³/mol. The van der Waals surface area contributed by atoms with Gasteiger partial charge in [0.2, 0.25) is 5.89 Å². The van der Waals surface area contributed by atoms with Gasteiger partial charge in [0, 0.05) is 12.6 Å². The lowest BCUT2D eigenvalue weighted by Crippen LogP contribution is -2.42. The maximum atomic E-state index is 12.5. The standard InChI is InChI=1S/C15H23N5O2/c1-9-8-11(18-20(9)14(3,4)5)12(21)17-15(6,7)13-16-10(2)22-19-13/h8H,1-7H3,(H,17,21). The van der Waals surface area contributed by atoms with Gasteiger partial charge in [-0.1, -0.05) is 5.16 Å². The lowest BCUT2D eigenvalue weighted by Gasteiger charge is -2.22. The molecule has 0 aliphatic heterocycles. The Balaban J connectivity index is 2.22. The maximum absolute atomic E-state index is 12.5. The molecule has 2 aromatic heterocycles. The highest BCUT2D eigenvalue weighted by atomic mass is 16.5. The van der Waals surface area contributed by atoms with Crippen molar-refractivity contribution < 1.29 is 9.32 Å². The molecule has 22 heavy (non-hydrogen) atoms. The zero-order valence-corrected chi connectivity index (χ0v) is 14.2. The number of amides is 1. The zero-order chi connectivity index (χ0) is 16.7. The van der Waals surface area contributed by atoms with Crippen molar-refractivity contribution in [1.82, 2.24) is 25.2 Å². The quantitative estimate of drug-likeness (QED) is 0.940. The number of carbonyl (C=O) groups is 1. The van der Waals surface area contributed by atoms with Gasteiger partial charge in [-0.15, -0.1) is 0 Å². The minimum Gasteiger partial charge on any atom is -0.340 e. The molecular weight excluding hydrogens is 282 g/mol. The second kappa shape index (κ2) is 5.23. The van der Waals surface area contributed by atoms with Crippen molar-refractivity contribution in [2.45, 2.75) is 59.5 Å². The summed E-state index contributed by atoms with van der Waals surface area (Å²) in [5, 5.41) is 11.2. The van der Waals surface area contributed by atoms with Gasteiger partial charge < -0.3 is 9.84 Å². The molecule has 0 saturated heterocycles. The first kappa shape index (κ1) is 16.2. The van der Waals surface area contributed by atoms with Crippen LogP contribution in [-0.4, -0.2) is 25.8 Å². The van der Waals surface area contributed by atoms with E-state index in [0.717, 1.165) is 5.69 Å². The number of nitrogens with zero attached hydrogens (tertiary/aromatic N) is 4. The van der Waals surface area contributed by atoms with Gasteiger partial charge in [0.25, 0.3) is 5.91 Å². The van der Waals surface area contributed by atoms with Crippen molar-refractivity contribution >= 4 is 5.91 Å². The summed E-state index contributed by atoms with van der Waals surface area (Å²) in [6.45, 7) is 13.4. The number of hydrogen-bond donors (Lipinski definition) is 1. The van der Waals surface area contributed by atoms with Crippen LogP contribution in [-0.2, 0) is 11.1 Å². The van der Waals surface area contributed by atoms with Gasteiger partial charge in [0.15, 0.2) is 5.82 Å². The Bertz CT molecular complexity index is 691. The van der Waals surface area contributed by atoms with Crippen molar-refractivity contribution in [3.05, 3.63) is 29.2 Å². The average Bonchev–Trinajstić information content (AvgIpc) is 2.94. The third kappa shape index (κ3) is 3.18. The lowest BCUT2D eigenvalue weighted by atomic mass is 10.0. The number of aromatic nitrogens is 4. The summed E-state index contributed by atoms with van der Waals surface area (Å²) in [4.78, 5) is 16.6. The van der Waals surface area contributed by atoms with E-state index in [4.69, 9.17) is 4.52 Å². The Morgan fingerprint density at radius 2 is 1.86 bits per heavy atom. The molecule has 2 aromatic rings. The highest BCUT2D eigenvalue weighted by molar-refractivity contribution is 5.92. The molecule has 0 spiro atoms. The number of carbonyl (C=O) groups excluding carboxylic acids is 1. The Morgan fingerprint density at radius 1 is 1.23 bits per heavy atom. The van der Waals surface area contributed by atoms with Crippen molar-refractivity contribution in [1.29, 1.82) is 0 Å². The number of aryl methyl sites for hydroxylation is 2. The Kier molecular flexibility index (Phi) is 3.85. The molecule has 0 aliphatic rings. The van der Waals surface area contributed by atoms with E-state index in [1.807, 2.05) is 46.2 Å². The van der Waals surface area contributed by atoms with Gasteiger partial charge in [0.1, 0.15) is 5.69 Å². The fourth-order valence-electron chi connectivity index (χ4n) is 2.22. The van der Waals surface area contributed by atoms with E-state index >= 15 is 0 Å². The first-order chi connectivity index (χ1) is 10.0. The van der Waals surface area contributed by atoms with E-state index in [1.165, 1.54) is 0 Å². The van der Waals surface area contributed by atoms with Crippen molar-refractivity contribution in [2.24, 2.45) is 0 Å². The summed E-state index contributed by atoms with van der Waals surface area (Å²) in [5.74, 6) is 0.633. The molecule has 7 nitrogen and oxygen atoms in total. The largest absolute Gasteiger partial charge is 0.340 e. The summed E-state index contributed by atoms with van der Waals surface area (Å²) in [5.41, 5.74) is 0.392. The van der Waals surface area contributed by atoms with Gasteiger partial charge in [-0.05, 0) is 47.6 Å². The van der Waals surface area contributed by atoms with Crippen LogP contribution >= 0.6 is 0 Å². The topological polar surface area (TPSA) is 85.8 Å². The smallest absolute Gasteiger partial charge is 0.272 e. The molecule has 0 unspecified atom stereocenters.